The topological polar surface area (TPSA) is 82.4 Å². The average Bonchev–Trinajstić information content (AvgIpc) is 3.15. The number of hydrogen-bond donors (Lipinski definition) is 0. The fourth-order valence-electron chi connectivity index (χ4n) is 2.40. The van der Waals surface area contributed by atoms with Crippen molar-refractivity contribution in [3.63, 3.8) is 0 Å². The fourth-order valence-corrected chi connectivity index (χ4v) is 2.40. The maximum absolute atomic E-state index is 12.4. The predicted molar refractivity (Wildman–Crippen MR) is 98.1 cm³/mol. The van der Waals surface area contributed by atoms with Crippen LogP contribution in [0.1, 0.15) is 11.4 Å². The molecule has 0 aliphatic heterocycles. The molecule has 1 aromatic heterocycles. The van der Waals surface area contributed by atoms with Gasteiger partial charge in [-0.25, -0.2) is 0 Å². The summed E-state index contributed by atoms with van der Waals surface area (Å²) in [5, 5.41) is 12.0. The largest absolute Gasteiger partial charge is 0.497 e. The SMILES string of the molecule is COc1ccc(CN(C)C(=O)Cn2nnc(COc3ccccc3)n2)cc1. The van der Waals surface area contributed by atoms with Crippen LogP contribution in [0.3, 0.4) is 0 Å². The number of para-hydroxylation sites is 1. The number of methoxy groups -OCH3 is 1. The van der Waals surface area contributed by atoms with Crippen molar-refractivity contribution in [3.8, 4) is 11.5 Å². The van der Waals surface area contributed by atoms with E-state index in [1.54, 1.807) is 19.1 Å². The Balaban J connectivity index is 1.50. The highest BCUT2D eigenvalue weighted by Crippen LogP contribution is 2.13. The van der Waals surface area contributed by atoms with Gasteiger partial charge >= 0.3 is 0 Å². The number of carbonyl (C=O) groups is 1. The Labute approximate surface area is 157 Å². The molecule has 0 N–H and O–H groups in total. The standard InChI is InChI=1S/C19H21N5O3/c1-23(12-15-8-10-16(26-2)11-9-15)19(25)13-24-21-18(20-22-24)14-27-17-6-4-3-5-7-17/h3-11H,12-14H2,1-2H3. The smallest absolute Gasteiger partial charge is 0.246 e. The van der Waals surface area contributed by atoms with Crippen molar-refractivity contribution in [1.82, 2.24) is 25.1 Å². The van der Waals surface area contributed by atoms with Crippen LogP contribution in [0.2, 0.25) is 0 Å². The van der Waals surface area contributed by atoms with Crippen LogP contribution in [0.4, 0.5) is 0 Å². The van der Waals surface area contributed by atoms with Crippen LogP contribution in [0, 0.1) is 0 Å². The number of amides is 1. The molecular weight excluding hydrogens is 346 g/mol. The zero-order valence-electron chi connectivity index (χ0n) is 15.3. The number of nitrogens with zero attached hydrogens (tertiary/aromatic N) is 5. The minimum Gasteiger partial charge on any atom is -0.497 e. The zero-order valence-corrected chi connectivity index (χ0v) is 15.3. The van der Waals surface area contributed by atoms with Gasteiger partial charge in [0.15, 0.2) is 6.61 Å². The highest BCUT2D eigenvalue weighted by Gasteiger charge is 2.13. The molecule has 8 heteroatoms. The lowest BCUT2D eigenvalue weighted by Crippen LogP contribution is -2.30. The molecule has 0 unspecified atom stereocenters. The summed E-state index contributed by atoms with van der Waals surface area (Å²) in [6.45, 7) is 0.701. The molecule has 2 aromatic carbocycles. The van der Waals surface area contributed by atoms with Crippen molar-refractivity contribution < 1.29 is 14.3 Å². The number of carbonyl (C=O) groups excluding carboxylic acids is 1. The molecule has 0 fully saturated rings. The van der Waals surface area contributed by atoms with Crippen LogP contribution in [-0.2, 0) is 24.5 Å². The number of ether oxygens (including phenoxy) is 2. The average molecular weight is 367 g/mol. The molecule has 3 aromatic rings. The summed E-state index contributed by atoms with van der Waals surface area (Å²) in [5.41, 5.74) is 1.01. The first kappa shape index (κ1) is 18.4. The molecule has 0 spiro atoms. The predicted octanol–water partition coefficient (Wildman–Crippen LogP) is 1.92. The molecule has 0 atom stereocenters. The molecule has 0 aliphatic rings. The highest BCUT2D eigenvalue weighted by molar-refractivity contribution is 5.75. The summed E-state index contributed by atoms with van der Waals surface area (Å²) in [6, 6.07) is 17.0. The van der Waals surface area contributed by atoms with E-state index in [0.717, 1.165) is 17.1 Å². The molecular formula is C19H21N5O3. The van der Waals surface area contributed by atoms with E-state index in [-0.39, 0.29) is 19.1 Å². The Morgan fingerprint density at radius 3 is 2.52 bits per heavy atom. The first-order valence-corrected chi connectivity index (χ1v) is 8.45. The summed E-state index contributed by atoms with van der Waals surface area (Å²) < 4.78 is 10.7. The van der Waals surface area contributed by atoms with Gasteiger partial charge in [0.25, 0.3) is 0 Å². The fraction of sp³-hybridized carbons (Fsp3) is 0.263. The number of aromatic nitrogens is 4. The van der Waals surface area contributed by atoms with Crippen molar-refractivity contribution in [2.75, 3.05) is 14.2 Å². The first-order valence-electron chi connectivity index (χ1n) is 8.45. The van der Waals surface area contributed by atoms with Crippen molar-refractivity contribution in [2.24, 2.45) is 0 Å². The van der Waals surface area contributed by atoms with Gasteiger partial charge in [-0.05, 0) is 35.0 Å². The van der Waals surface area contributed by atoms with E-state index < -0.39 is 0 Å². The second-order valence-electron chi connectivity index (χ2n) is 5.94. The number of hydrogen-bond acceptors (Lipinski definition) is 6. The van der Waals surface area contributed by atoms with Crippen LogP contribution >= 0.6 is 0 Å². The lowest BCUT2D eigenvalue weighted by atomic mass is 10.2. The van der Waals surface area contributed by atoms with E-state index in [4.69, 9.17) is 9.47 Å². The maximum Gasteiger partial charge on any atom is 0.246 e. The lowest BCUT2D eigenvalue weighted by Gasteiger charge is -2.16. The monoisotopic (exact) mass is 367 g/mol. The van der Waals surface area contributed by atoms with Gasteiger partial charge in [0, 0.05) is 13.6 Å². The van der Waals surface area contributed by atoms with Gasteiger partial charge < -0.3 is 14.4 Å². The number of tetrazole rings is 1. The summed E-state index contributed by atoms with van der Waals surface area (Å²) in [4.78, 5) is 15.3. The van der Waals surface area contributed by atoms with Gasteiger partial charge in [0.2, 0.25) is 11.7 Å². The molecule has 8 nitrogen and oxygen atoms in total. The van der Waals surface area contributed by atoms with E-state index in [2.05, 4.69) is 15.4 Å². The van der Waals surface area contributed by atoms with Gasteiger partial charge in [-0.3, -0.25) is 4.79 Å². The number of likely N-dealkylation sites (N-methyl/N-ethyl adjacent to an activating group) is 1. The van der Waals surface area contributed by atoms with Crippen molar-refractivity contribution >= 4 is 5.91 Å². The third-order valence-electron chi connectivity index (χ3n) is 3.89. The Hall–Kier alpha value is -3.42. The molecule has 0 bridgehead atoms. The van der Waals surface area contributed by atoms with Gasteiger partial charge in [-0.15, -0.1) is 10.2 Å². The zero-order chi connectivity index (χ0) is 19.1. The second-order valence-corrected chi connectivity index (χ2v) is 5.94. The van der Waals surface area contributed by atoms with Crippen LogP contribution in [0.5, 0.6) is 11.5 Å². The molecule has 0 saturated heterocycles. The maximum atomic E-state index is 12.4. The summed E-state index contributed by atoms with van der Waals surface area (Å²) >= 11 is 0. The lowest BCUT2D eigenvalue weighted by molar-refractivity contribution is -0.131. The highest BCUT2D eigenvalue weighted by atomic mass is 16.5. The minimum absolute atomic E-state index is 0.0188. The van der Waals surface area contributed by atoms with Crippen LogP contribution in [0.15, 0.2) is 54.6 Å². The molecule has 0 radical (unpaired) electrons. The summed E-state index contributed by atoms with van der Waals surface area (Å²) in [6.07, 6.45) is 0. The number of rotatable bonds is 8. The minimum atomic E-state index is -0.112. The Kier molecular flexibility index (Phi) is 5.98. The normalized spacial score (nSPS) is 10.4. The van der Waals surface area contributed by atoms with Crippen LogP contribution in [-0.4, -0.2) is 45.2 Å². The van der Waals surface area contributed by atoms with Gasteiger partial charge in [-0.1, -0.05) is 30.3 Å². The second kappa shape index (κ2) is 8.79. The Morgan fingerprint density at radius 1 is 1.07 bits per heavy atom. The molecule has 0 saturated carbocycles. The number of benzene rings is 2. The Morgan fingerprint density at radius 2 is 1.81 bits per heavy atom. The summed E-state index contributed by atoms with van der Waals surface area (Å²) in [7, 11) is 3.36. The molecule has 3 rings (SSSR count). The van der Waals surface area contributed by atoms with Gasteiger partial charge in [0.1, 0.15) is 18.0 Å². The molecule has 27 heavy (non-hydrogen) atoms. The van der Waals surface area contributed by atoms with E-state index >= 15 is 0 Å². The summed E-state index contributed by atoms with van der Waals surface area (Å²) in [5.74, 6) is 1.82. The van der Waals surface area contributed by atoms with Crippen molar-refractivity contribution in [3.05, 3.63) is 66.0 Å². The van der Waals surface area contributed by atoms with Crippen LogP contribution in [0.25, 0.3) is 0 Å². The van der Waals surface area contributed by atoms with Crippen LogP contribution < -0.4 is 9.47 Å². The first-order chi connectivity index (χ1) is 13.1. The van der Waals surface area contributed by atoms with E-state index in [9.17, 15) is 4.79 Å². The van der Waals surface area contributed by atoms with E-state index in [1.165, 1.54) is 4.80 Å². The Bertz CT molecular complexity index is 865. The van der Waals surface area contributed by atoms with Crippen molar-refractivity contribution in [2.45, 2.75) is 19.7 Å². The van der Waals surface area contributed by atoms with Gasteiger partial charge in [0.05, 0.1) is 7.11 Å². The third kappa shape index (κ3) is 5.27. The molecule has 0 aliphatic carbocycles. The van der Waals surface area contributed by atoms with E-state index in [1.807, 2.05) is 54.6 Å². The van der Waals surface area contributed by atoms with Gasteiger partial charge in [-0.2, -0.15) is 4.80 Å². The van der Waals surface area contributed by atoms with E-state index in [0.29, 0.717) is 12.4 Å². The third-order valence-corrected chi connectivity index (χ3v) is 3.89. The molecule has 140 valence electrons. The molecule has 1 amide bonds. The quantitative estimate of drug-likeness (QED) is 0.605. The molecule has 1 heterocycles. The van der Waals surface area contributed by atoms with Crippen molar-refractivity contribution in [1.29, 1.82) is 0 Å².